The first-order chi connectivity index (χ1) is 17.8. The molecule has 3 N–H and O–H groups in total. The van der Waals surface area contributed by atoms with Gasteiger partial charge in [-0.2, -0.15) is 0 Å². The fourth-order valence-corrected chi connectivity index (χ4v) is 4.19. The van der Waals surface area contributed by atoms with Crippen molar-refractivity contribution in [2.75, 3.05) is 26.7 Å². The van der Waals surface area contributed by atoms with E-state index in [1.807, 2.05) is 56.5 Å². The van der Waals surface area contributed by atoms with Crippen molar-refractivity contribution in [3.63, 3.8) is 0 Å². The van der Waals surface area contributed by atoms with E-state index < -0.39 is 6.23 Å². The predicted octanol–water partition coefficient (Wildman–Crippen LogP) is 4.91. The van der Waals surface area contributed by atoms with Crippen LogP contribution in [0.3, 0.4) is 0 Å². The number of benzene rings is 1. The molecular formula is C29H42N4O4. The maximum Gasteiger partial charge on any atom is 0.409 e. The SMILES string of the molecule is C=C/C(=C\C=C/C)CC(O)NC1CCN(C(=O)OCC)CC1.CC(c1c[nH]c2ccccc12)N(C)C=O. The van der Waals surface area contributed by atoms with E-state index in [1.54, 1.807) is 29.8 Å². The molecule has 202 valence electrons. The van der Waals surface area contributed by atoms with Gasteiger partial charge in [-0.3, -0.25) is 10.1 Å². The minimum Gasteiger partial charge on any atom is -0.450 e. The number of aliphatic hydroxyl groups excluding tert-OH is 1. The molecule has 3 rings (SSSR count). The highest BCUT2D eigenvalue weighted by Gasteiger charge is 2.24. The summed E-state index contributed by atoms with van der Waals surface area (Å²) in [5, 5.41) is 14.5. The molecule has 1 aliphatic heterocycles. The Labute approximate surface area is 220 Å². The molecule has 2 amide bonds. The number of nitrogens with zero attached hydrogens (tertiary/aromatic N) is 2. The summed E-state index contributed by atoms with van der Waals surface area (Å²) in [6.07, 6.45) is 11.7. The first-order valence-electron chi connectivity index (χ1n) is 12.9. The highest BCUT2D eigenvalue weighted by molar-refractivity contribution is 5.83. The van der Waals surface area contributed by atoms with Crippen LogP contribution in [0.5, 0.6) is 0 Å². The lowest BCUT2D eigenvalue weighted by Crippen LogP contribution is -2.48. The van der Waals surface area contributed by atoms with Gasteiger partial charge in [0.25, 0.3) is 0 Å². The van der Waals surface area contributed by atoms with Crippen LogP contribution in [0.4, 0.5) is 4.79 Å². The monoisotopic (exact) mass is 510 g/mol. The molecule has 2 aromatic rings. The number of ether oxygens (including phenoxy) is 1. The van der Waals surface area contributed by atoms with Crippen LogP contribution in [0.25, 0.3) is 10.9 Å². The van der Waals surface area contributed by atoms with Gasteiger partial charge in [0.05, 0.1) is 12.6 Å². The van der Waals surface area contributed by atoms with Gasteiger partial charge in [0.2, 0.25) is 6.41 Å². The minimum atomic E-state index is -0.603. The number of allylic oxidation sites excluding steroid dienone is 4. The summed E-state index contributed by atoms with van der Waals surface area (Å²) in [6, 6.07) is 8.42. The molecule has 0 radical (unpaired) electrons. The van der Waals surface area contributed by atoms with Gasteiger partial charge in [-0.15, -0.1) is 0 Å². The van der Waals surface area contributed by atoms with Crippen molar-refractivity contribution in [3.05, 3.63) is 72.5 Å². The standard InChI is InChI=1S/C17H28N2O3.C12H14N2O/c1-4-7-8-14(5-2)13-16(20)18-15-9-11-19(12-10-15)17(21)22-6-3;1-9(14(2)8-15)11-7-13-12-6-4-3-5-10(11)12/h4-5,7-8,15-16,18,20H,2,6,9-13H2,1,3H3;3-9,13H,1-2H3/b7-4-,14-8+;. The molecule has 1 aromatic carbocycles. The Hall–Kier alpha value is -3.36. The second kappa shape index (κ2) is 15.7. The number of hydrogen-bond acceptors (Lipinski definition) is 5. The van der Waals surface area contributed by atoms with Crippen LogP contribution in [0.1, 0.15) is 51.6 Å². The van der Waals surface area contributed by atoms with Crippen LogP contribution in [-0.4, -0.2) is 71.4 Å². The second-order valence-electron chi connectivity index (χ2n) is 9.05. The number of carbonyl (C=O) groups is 2. The van der Waals surface area contributed by atoms with Crippen molar-refractivity contribution in [2.24, 2.45) is 0 Å². The molecule has 8 nitrogen and oxygen atoms in total. The van der Waals surface area contributed by atoms with Crippen LogP contribution < -0.4 is 5.32 Å². The van der Waals surface area contributed by atoms with E-state index in [0.29, 0.717) is 26.1 Å². The highest BCUT2D eigenvalue weighted by atomic mass is 16.6. The number of aromatic nitrogens is 1. The normalized spacial score (nSPS) is 16.1. The zero-order valence-electron chi connectivity index (χ0n) is 22.5. The number of amides is 2. The molecule has 2 unspecified atom stereocenters. The zero-order chi connectivity index (χ0) is 27.2. The number of hydrogen-bond donors (Lipinski definition) is 3. The number of fused-ring (bicyclic) bond motifs is 1. The Morgan fingerprint density at radius 2 is 2.05 bits per heavy atom. The highest BCUT2D eigenvalue weighted by Crippen LogP contribution is 2.26. The topological polar surface area (TPSA) is 97.9 Å². The largest absolute Gasteiger partial charge is 0.450 e. The molecule has 2 heterocycles. The molecule has 1 aliphatic rings. The average Bonchev–Trinajstić information content (AvgIpc) is 3.35. The summed E-state index contributed by atoms with van der Waals surface area (Å²) in [5.74, 6) is 0. The molecule has 0 spiro atoms. The van der Waals surface area contributed by atoms with Crippen molar-refractivity contribution in [3.8, 4) is 0 Å². The van der Waals surface area contributed by atoms with Crippen molar-refractivity contribution < 1.29 is 19.4 Å². The van der Waals surface area contributed by atoms with Gasteiger partial charge in [-0.25, -0.2) is 4.79 Å². The third-order valence-electron chi connectivity index (χ3n) is 6.49. The summed E-state index contributed by atoms with van der Waals surface area (Å²) < 4.78 is 4.99. The summed E-state index contributed by atoms with van der Waals surface area (Å²) in [6.45, 7) is 11.3. The molecule has 0 bridgehead atoms. The first-order valence-corrected chi connectivity index (χ1v) is 12.9. The Balaban J connectivity index is 0.000000278. The fourth-order valence-electron chi connectivity index (χ4n) is 4.19. The van der Waals surface area contributed by atoms with Crippen LogP contribution in [-0.2, 0) is 9.53 Å². The fraction of sp³-hybridized carbons (Fsp3) is 0.448. The van der Waals surface area contributed by atoms with Crippen LogP contribution >= 0.6 is 0 Å². The number of piperidine rings is 1. The quantitative estimate of drug-likeness (QED) is 0.240. The number of para-hydroxylation sites is 1. The third-order valence-corrected chi connectivity index (χ3v) is 6.49. The molecule has 0 saturated carbocycles. The van der Waals surface area contributed by atoms with Gasteiger partial charge in [-0.1, -0.05) is 49.1 Å². The number of likely N-dealkylation sites (tertiary alicyclic amines) is 1. The van der Waals surface area contributed by atoms with E-state index in [-0.39, 0.29) is 18.2 Å². The third kappa shape index (κ3) is 9.22. The number of aromatic amines is 1. The molecule has 0 aliphatic carbocycles. The van der Waals surface area contributed by atoms with Gasteiger partial charge in [0.1, 0.15) is 6.23 Å². The summed E-state index contributed by atoms with van der Waals surface area (Å²) in [5.41, 5.74) is 3.25. The predicted molar refractivity (Wildman–Crippen MR) is 149 cm³/mol. The summed E-state index contributed by atoms with van der Waals surface area (Å²) in [4.78, 5) is 28.9. The molecule has 37 heavy (non-hydrogen) atoms. The van der Waals surface area contributed by atoms with E-state index in [0.717, 1.165) is 35.9 Å². The van der Waals surface area contributed by atoms with Gasteiger partial charge in [-0.05, 0) is 50.8 Å². The first kappa shape index (κ1) is 29.9. The van der Waals surface area contributed by atoms with Gasteiger partial charge in [0, 0.05) is 49.7 Å². The lowest BCUT2D eigenvalue weighted by atomic mass is 10.0. The maximum absolute atomic E-state index is 11.6. The smallest absolute Gasteiger partial charge is 0.409 e. The second-order valence-corrected chi connectivity index (χ2v) is 9.05. The van der Waals surface area contributed by atoms with Crippen molar-refractivity contribution in [1.82, 2.24) is 20.1 Å². The van der Waals surface area contributed by atoms with Gasteiger partial charge >= 0.3 is 6.09 Å². The average molecular weight is 511 g/mol. The zero-order valence-corrected chi connectivity index (χ0v) is 22.5. The molecule has 8 heteroatoms. The van der Waals surface area contributed by atoms with E-state index in [4.69, 9.17) is 4.74 Å². The minimum absolute atomic E-state index is 0.0960. The van der Waals surface area contributed by atoms with E-state index in [2.05, 4.69) is 22.9 Å². The number of aliphatic hydroxyl groups is 1. The van der Waals surface area contributed by atoms with Crippen molar-refractivity contribution in [1.29, 1.82) is 0 Å². The maximum atomic E-state index is 11.6. The number of nitrogens with one attached hydrogen (secondary N) is 2. The van der Waals surface area contributed by atoms with Gasteiger partial charge in [0.15, 0.2) is 0 Å². The molecule has 1 saturated heterocycles. The Kier molecular flexibility index (Phi) is 12.7. The Morgan fingerprint density at radius 1 is 1.35 bits per heavy atom. The van der Waals surface area contributed by atoms with Crippen LogP contribution in [0.2, 0.25) is 0 Å². The summed E-state index contributed by atoms with van der Waals surface area (Å²) >= 11 is 0. The number of carbonyl (C=O) groups excluding carboxylic acids is 2. The van der Waals surface area contributed by atoms with E-state index >= 15 is 0 Å². The van der Waals surface area contributed by atoms with Crippen LogP contribution in [0, 0.1) is 0 Å². The van der Waals surface area contributed by atoms with Crippen LogP contribution in [0.15, 0.2) is 66.9 Å². The Morgan fingerprint density at radius 3 is 2.68 bits per heavy atom. The number of H-pyrrole nitrogens is 1. The van der Waals surface area contributed by atoms with Crippen molar-refractivity contribution >= 4 is 23.4 Å². The molecular weight excluding hydrogens is 468 g/mol. The number of rotatable bonds is 10. The molecule has 1 fully saturated rings. The summed E-state index contributed by atoms with van der Waals surface area (Å²) in [7, 11) is 1.79. The van der Waals surface area contributed by atoms with Gasteiger partial charge < -0.3 is 24.6 Å². The van der Waals surface area contributed by atoms with E-state index in [9.17, 15) is 14.7 Å². The van der Waals surface area contributed by atoms with E-state index in [1.165, 1.54) is 5.39 Å². The molecule has 2 atom stereocenters. The van der Waals surface area contributed by atoms with Crippen molar-refractivity contribution in [2.45, 2.75) is 58.3 Å². The lowest BCUT2D eigenvalue weighted by molar-refractivity contribution is -0.118. The lowest BCUT2D eigenvalue weighted by Gasteiger charge is -2.33. The molecule has 1 aromatic heterocycles. The Bertz CT molecular complexity index is 1050.